The van der Waals surface area contributed by atoms with Gasteiger partial charge in [0.1, 0.15) is 34.3 Å². The van der Waals surface area contributed by atoms with Gasteiger partial charge < -0.3 is 20.7 Å². The molecule has 2 aromatic heterocycles. The van der Waals surface area contributed by atoms with Crippen molar-refractivity contribution in [3.63, 3.8) is 0 Å². The predicted octanol–water partition coefficient (Wildman–Crippen LogP) is 4.66. The molecule has 10 nitrogen and oxygen atoms in total. The Morgan fingerprint density at radius 1 is 1.02 bits per heavy atom. The lowest BCUT2D eigenvalue weighted by atomic mass is 10.1. The SMILES string of the molecule is O=C(/C=C/CNC1CCS(=O)(=O)CC1)Nc1ccc2ncnc(Nc3ccc(OCc4ccccn4)c(Cl)c3)c2c1. The molecule has 0 atom stereocenters. The van der Waals surface area contributed by atoms with Crippen LogP contribution in [-0.4, -0.2) is 53.4 Å². The van der Waals surface area contributed by atoms with Crippen LogP contribution in [0, 0.1) is 0 Å². The molecule has 41 heavy (non-hydrogen) atoms. The molecule has 0 spiro atoms. The van der Waals surface area contributed by atoms with Crippen molar-refractivity contribution in [1.82, 2.24) is 20.3 Å². The summed E-state index contributed by atoms with van der Waals surface area (Å²) in [6, 6.07) is 16.5. The smallest absolute Gasteiger partial charge is 0.248 e. The quantitative estimate of drug-likeness (QED) is 0.225. The van der Waals surface area contributed by atoms with Gasteiger partial charge in [-0.2, -0.15) is 0 Å². The lowest BCUT2D eigenvalue weighted by Crippen LogP contribution is -2.37. The van der Waals surface area contributed by atoms with E-state index in [2.05, 4.69) is 30.9 Å². The fourth-order valence-electron chi connectivity index (χ4n) is 4.38. The van der Waals surface area contributed by atoms with Crippen LogP contribution in [0.3, 0.4) is 0 Å². The molecule has 1 aliphatic heterocycles. The van der Waals surface area contributed by atoms with Crippen molar-refractivity contribution in [2.24, 2.45) is 0 Å². The summed E-state index contributed by atoms with van der Waals surface area (Å²) in [5.41, 5.74) is 2.80. The van der Waals surface area contributed by atoms with Crippen molar-refractivity contribution < 1.29 is 17.9 Å². The number of rotatable bonds is 10. The summed E-state index contributed by atoms with van der Waals surface area (Å²) in [5, 5.41) is 10.6. The van der Waals surface area contributed by atoms with Crippen LogP contribution in [0.5, 0.6) is 5.75 Å². The molecule has 3 N–H and O–H groups in total. The van der Waals surface area contributed by atoms with Crippen molar-refractivity contribution in [2.45, 2.75) is 25.5 Å². The molecule has 0 unspecified atom stereocenters. The van der Waals surface area contributed by atoms with Gasteiger partial charge in [0, 0.05) is 41.6 Å². The summed E-state index contributed by atoms with van der Waals surface area (Å²) < 4.78 is 28.9. The zero-order valence-electron chi connectivity index (χ0n) is 22.1. The number of nitrogens with zero attached hydrogens (tertiary/aromatic N) is 3. The molecule has 0 radical (unpaired) electrons. The van der Waals surface area contributed by atoms with Crippen LogP contribution in [0.4, 0.5) is 17.2 Å². The number of hydrogen-bond acceptors (Lipinski definition) is 9. The summed E-state index contributed by atoms with van der Waals surface area (Å²) >= 11 is 6.47. The van der Waals surface area contributed by atoms with Gasteiger partial charge in [0.2, 0.25) is 5.91 Å². The molecule has 2 aromatic carbocycles. The number of ether oxygens (including phenoxy) is 1. The van der Waals surface area contributed by atoms with E-state index in [0.717, 1.165) is 11.1 Å². The van der Waals surface area contributed by atoms with Gasteiger partial charge >= 0.3 is 0 Å². The number of pyridine rings is 1. The van der Waals surface area contributed by atoms with Crippen molar-refractivity contribution in [3.8, 4) is 5.75 Å². The topological polar surface area (TPSA) is 135 Å². The number of sulfone groups is 1. The average Bonchev–Trinajstić information content (AvgIpc) is 2.96. The minimum absolute atomic E-state index is 0.142. The monoisotopic (exact) mass is 592 g/mol. The Hall–Kier alpha value is -4.06. The number of anilines is 3. The molecular weight excluding hydrogens is 564 g/mol. The van der Waals surface area contributed by atoms with Crippen molar-refractivity contribution in [2.75, 3.05) is 28.7 Å². The number of hydrogen-bond donors (Lipinski definition) is 3. The summed E-state index contributed by atoms with van der Waals surface area (Å²) in [6.07, 6.45) is 7.54. The molecule has 1 fully saturated rings. The molecule has 0 bridgehead atoms. The van der Waals surface area contributed by atoms with Gasteiger partial charge in [-0.3, -0.25) is 9.78 Å². The number of nitrogens with one attached hydrogen (secondary N) is 3. The van der Waals surface area contributed by atoms with Crippen molar-refractivity contribution in [3.05, 3.63) is 90.0 Å². The Kier molecular flexibility index (Phi) is 9.07. The Morgan fingerprint density at radius 2 is 1.85 bits per heavy atom. The number of benzene rings is 2. The van der Waals surface area contributed by atoms with Crippen LogP contribution >= 0.6 is 11.6 Å². The maximum Gasteiger partial charge on any atom is 0.248 e. The van der Waals surface area contributed by atoms with E-state index < -0.39 is 9.84 Å². The van der Waals surface area contributed by atoms with Crippen LogP contribution in [0.1, 0.15) is 18.5 Å². The summed E-state index contributed by atoms with van der Waals surface area (Å²) in [6.45, 7) is 0.782. The molecule has 0 saturated carbocycles. The fraction of sp³-hybridized carbons (Fsp3) is 0.241. The Bertz CT molecular complexity index is 1650. The highest BCUT2D eigenvalue weighted by Crippen LogP contribution is 2.31. The molecule has 5 rings (SSSR count). The summed E-state index contributed by atoms with van der Waals surface area (Å²) in [5.74, 6) is 1.22. The van der Waals surface area contributed by atoms with E-state index in [1.54, 1.807) is 36.5 Å². The van der Waals surface area contributed by atoms with Gasteiger partial charge in [-0.1, -0.05) is 23.7 Å². The van der Waals surface area contributed by atoms with E-state index in [1.165, 1.54) is 12.4 Å². The number of carbonyl (C=O) groups excluding carboxylic acids is 1. The summed E-state index contributed by atoms with van der Waals surface area (Å²) in [4.78, 5) is 25.5. The first-order valence-corrected chi connectivity index (χ1v) is 15.3. The molecular formula is C29H29ClN6O4S. The van der Waals surface area contributed by atoms with E-state index in [-0.39, 0.29) is 23.5 Å². The van der Waals surface area contributed by atoms with Crippen LogP contribution in [0.2, 0.25) is 5.02 Å². The van der Waals surface area contributed by atoms with Gasteiger partial charge in [0.15, 0.2) is 0 Å². The number of fused-ring (bicyclic) bond motifs is 1. The molecule has 12 heteroatoms. The van der Waals surface area contributed by atoms with E-state index in [4.69, 9.17) is 16.3 Å². The maximum absolute atomic E-state index is 12.5. The van der Waals surface area contributed by atoms with Crippen LogP contribution in [0.25, 0.3) is 10.9 Å². The second kappa shape index (κ2) is 13.1. The highest BCUT2D eigenvalue weighted by Gasteiger charge is 2.22. The van der Waals surface area contributed by atoms with Gasteiger partial charge in [-0.15, -0.1) is 0 Å². The van der Waals surface area contributed by atoms with Crippen molar-refractivity contribution >= 4 is 55.4 Å². The molecule has 1 saturated heterocycles. The molecule has 0 aliphatic carbocycles. The largest absolute Gasteiger partial charge is 0.486 e. The van der Waals surface area contributed by atoms with E-state index in [9.17, 15) is 13.2 Å². The van der Waals surface area contributed by atoms with E-state index >= 15 is 0 Å². The van der Waals surface area contributed by atoms with E-state index in [0.29, 0.717) is 59.5 Å². The van der Waals surface area contributed by atoms with Gasteiger partial charge in [-0.25, -0.2) is 18.4 Å². The number of amides is 1. The first-order chi connectivity index (χ1) is 19.8. The minimum atomic E-state index is -2.89. The third-order valence-electron chi connectivity index (χ3n) is 6.55. The van der Waals surface area contributed by atoms with Crippen LogP contribution < -0.4 is 20.7 Å². The molecule has 1 amide bonds. The van der Waals surface area contributed by atoms with E-state index in [1.807, 2.05) is 30.3 Å². The Balaban J connectivity index is 1.19. The highest BCUT2D eigenvalue weighted by molar-refractivity contribution is 7.91. The minimum Gasteiger partial charge on any atom is -0.486 e. The first-order valence-electron chi connectivity index (χ1n) is 13.1. The molecule has 212 valence electrons. The zero-order chi connectivity index (χ0) is 28.7. The first kappa shape index (κ1) is 28.5. The lowest BCUT2D eigenvalue weighted by Gasteiger charge is -2.22. The number of halogens is 1. The second-order valence-electron chi connectivity index (χ2n) is 9.56. The molecule has 3 heterocycles. The third kappa shape index (κ3) is 8.00. The van der Waals surface area contributed by atoms with Crippen LogP contribution in [0.15, 0.2) is 79.3 Å². The van der Waals surface area contributed by atoms with Crippen LogP contribution in [-0.2, 0) is 21.2 Å². The van der Waals surface area contributed by atoms with Gasteiger partial charge in [-0.05, 0) is 61.4 Å². The van der Waals surface area contributed by atoms with Gasteiger partial charge in [0.05, 0.1) is 27.7 Å². The maximum atomic E-state index is 12.5. The number of carbonyl (C=O) groups is 1. The Labute approximate surface area is 243 Å². The average molecular weight is 593 g/mol. The molecule has 4 aromatic rings. The molecule has 1 aliphatic rings. The normalized spacial score (nSPS) is 15.1. The third-order valence-corrected chi connectivity index (χ3v) is 8.56. The standard InChI is InChI=1S/C29H29ClN6O4S/c30-25-17-22(7-9-27(25)40-18-23-4-1-2-12-32-23)36-29-24-16-21(6-8-26(24)33-19-34-29)35-28(37)5-3-13-31-20-10-14-41(38,39)15-11-20/h1-9,12,16-17,19-20,31H,10-11,13-15,18H2,(H,35,37)(H,33,34,36)/b5-3+. The lowest BCUT2D eigenvalue weighted by molar-refractivity contribution is -0.111. The number of aromatic nitrogens is 3. The summed E-state index contributed by atoms with van der Waals surface area (Å²) in [7, 11) is -2.89. The van der Waals surface area contributed by atoms with Crippen molar-refractivity contribution in [1.29, 1.82) is 0 Å². The highest BCUT2D eigenvalue weighted by atomic mass is 35.5. The zero-order valence-corrected chi connectivity index (χ0v) is 23.7. The second-order valence-corrected chi connectivity index (χ2v) is 12.3. The predicted molar refractivity (Wildman–Crippen MR) is 160 cm³/mol. The fourth-order valence-corrected chi connectivity index (χ4v) is 6.11. The van der Waals surface area contributed by atoms with Gasteiger partial charge in [0.25, 0.3) is 0 Å². The Morgan fingerprint density at radius 3 is 2.63 bits per heavy atom.